The number of pyridine rings is 1. The van der Waals surface area contributed by atoms with Crippen molar-refractivity contribution in [2.75, 3.05) is 5.32 Å². The summed E-state index contributed by atoms with van der Waals surface area (Å²) in [6.45, 7) is 3.75. The zero-order valence-corrected chi connectivity index (χ0v) is 15.8. The van der Waals surface area contributed by atoms with Crippen LogP contribution >= 0.6 is 24.0 Å². The van der Waals surface area contributed by atoms with Crippen LogP contribution in [0.4, 0.5) is 5.13 Å². The van der Waals surface area contributed by atoms with Crippen molar-refractivity contribution in [3.8, 4) is 17.5 Å². The Morgan fingerprint density at radius 3 is 2.58 bits per heavy atom. The summed E-state index contributed by atoms with van der Waals surface area (Å²) in [6, 6.07) is 10.2. The summed E-state index contributed by atoms with van der Waals surface area (Å²) in [5, 5.41) is 10.6. The lowest BCUT2D eigenvalue weighted by Gasteiger charge is -2.12. The molecule has 0 aliphatic carbocycles. The standard InChI is InChI=1S/C17H16N4O3S2/c1-10(2)23-14-7-11(16(22)20-17-21-18-9-26-17)8-15(19-14)24-12-3-5-13(25)6-4-12/h3-10,25H,1-2H3,(H,20,21,22). The molecule has 2 heterocycles. The van der Waals surface area contributed by atoms with Gasteiger partial charge in [0.25, 0.3) is 5.91 Å². The Bertz CT molecular complexity index is 884. The quantitative estimate of drug-likeness (QED) is 0.620. The number of carbonyl (C=O) groups is 1. The van der Waals surface area contributed by atoms with E-state index in [1.54, 1.807) is 30.3 Å². The molecule has 0 unspecified atom stereocenters. The second-order valence-electron chi connectivity index (χ2n) is 5.49. The molecule has 0 saturated carbocycles. The average Bonchev–Trinajstić information content (AvgIpc) is 3.09. The minimum atomic E-state index is -0.353. The number of amides is 1. The number of aromatic nitrogens is 3. The molecule has 0 aliphatic heterocycles. The van der Waals surface area contributed by atoms with Crippen molar-refractivity contribution in [2.24, 2.45) is 0 Å². The highest BCUT2D eigenvalue weighted by molar-refractivity contribution is 7.80. The van der Waals surface area contributed by atoms with Crippen LogP contribution in [-0.4, -0.2) is 27.2 Å². The number of ether oxygens (including phenoxy) is 2. The van der Waals surface area contributed by atoms with Crippen LogP contribution < -0.4 is 14.8 Å². The fourth-order valence-electron chi connectivity index (χ4n) is 2.00. The highest BCUT2D eigenvalue weighted by atomic mass is 32.1. The first-order chi connectivity index (χ1) is 12.5. The molecule has 3 aromatic rings. The lowest BCUT2D eigenvalue weighted by molar-refractivity contribution is 0.102. The number of hydrogen-bond acceptors (Lipinski definition) is 8. The zero-order chi connectivity index (χ0) is 18.5. The summed E-state index contributed by atoms with van der Waals surface area (Å²) in [6.07, 6.45) is -0.0970. The Balaban J connectivity index is 1.87. The van der Waals surface area contributed by atoms with Gasteiger partial charge >= 0.3 is 0 Å². The lowest BCUT2D eigenvalue weighted by atomic mass is 10.2. The summed E-state index contributed by atoms with van der Waals surface area (Å²) < 4.78 is 11.4. The van der Waals surface area contributed by atoms with Gasteiger partial charge in [-0.25, -0.2) is 0 Å². The monoisotopic (exact) mass is 388 g/mol. The highest BCUT2D eigenvalue weighted by Crippen LogP contribution is 2.25. The second-order valence-corrected chi connectivity index (χ2v) is 6.84. The minimum Gasteiger partial charge on any atom is -0.475 e. The van der Waals surface area contributed by atoms with E-state index in [4.69, 9.17) is 9.47 Å². The predicted octanol–water partition coefficient (Wildman–Crippen LogP) is 4.05. The molecule has 0 saturated heterocycles. The van der Waals surface area contributed by atoms with E-state index >= 15 is 0 Å². The van der Waals surface area contributed by atoms with Gasteiger partial charge in [-0.3, -0.25) is 10.1 Å². The van der Waals surface area contributed by atoms with Crippen LogP contribution in [0.1, 0.15) is 24.2 Å². The summed E-state index contributed by atoms with van der Waals surface area (Å²) in [7, 11) is 0. The van der Waals surface area contributed by atoms with E-state index in [0.29, 0.717) is 22.3 Å². The van der Waals surface area contributed by atoms with Crippen LogP contribution in [0.5, 0.6) is 17.5 Å². The first-order valence-electron chi connectivity index (χ1n) is 7.73. The van der Waals surface area contributed by atoms with Gasteiger partial charge in [-0.1, -0.05) is 11.3 Å². The zero-order valence-electron chi connectivity index (χ0n) is 14.0. The summed E-state index contributed by atoms with van der Waals surface area (Å²) >= 11 is 5.47. The number of carbonyl (C=O) groups excluding carboxylic acids is 1. The van der Waals surface area contributed by atoms with E-state index in [1.807, 2.05) is 13.8 Å². The smallest absolute Gasteiger partial charge is 0.257 e. The minimum absolute atomic E-state index is 0.0970. The number of benzene rings is 1. The highest BCUT2D eigenvalue weighted by Gasteiger charge is 2.14. The Morgan fingerprint density at radius 2 is 1.92 bits per heavy atom. The number of hydrogen-bond donors (Lipinski definition) is 2. The predicted molar refractivity (Wildman–Crippen MR) is 102 cm³/mol. The van der Waals surface area contributed by atoms with Crippen molar-refractivity contribution in [1.82, 2.24) is 15.2 Å². The number of rotatable bonds is 6. The topological polar surface area (TPSA) is 86.2 Å². The maximum Gasteiger partial charge on any atom is 0.257 e. The Labute approximate surface area is 159 Å². The number of nitrogens with zero attached hydrogens (tertiary/aromatic N) is 3. The molecule has 0 aliphatic rings. The number of thiol groups is 1. The summed E-state index contributed by atoms with van der Waals surface area (Å²) in [5.74, 6) is 0.768. The Hall–Kier alpha value is -2.65. The molecule has 3 rings (SSSR count). The van der Waals surface area contributed by atoms with E-state index in [2.05, 4.69) is 33.1 Å². The normalized spacial score (nSPS) is 10.6. The van der Waals surface area contributed by atoms with Crippen LogP contribution in [0.3, 0.4) is 0 Å². The molecular weight excluding hydrogens is 372 g/mol. The third-order valence-corrected chi connectivity index (χ3v) is 3.94. The number of nitrogens with one attached hydrogen (secondary N) is 1. The average molecular weight is 388 g/mol. The largest absolute Gasteiger partial charge is 0.475 e. The van der Waals surface area contributed by atoms with Gasteiger partial charge in [0, 0.05) is 17.0 Å². The van der Waals surface area contributed by atoms with E-state index in [9.17, 15) is 4.79 Å². The maximum atomic E-state index is 12.5. The molecule has 0 bridgehead atoms. The molecule has 7 nitrogen and oxygen atoms in total. The third-order valence-electron chi connectivity index (χ3n) is 3.04. The van der Waals surface area contributed by atoms with E-state index in [1.165, 1.54) is 22.9 Å². The first kappa shape index (κ1) is 18.2. The van der Waals surface area contributed by atoms with E-state index < -0.39 is 0 Å². The van der Waals surface area contributed by atoms with Crippen LogP contribution in [-0.2, 0) is 0 Å². The molecular formula is C17H16N4O3S2. The number of anilines is 1. The molecule has 134 valence electrons. The maximum absolute atomic E-state index is 12.5. The van der Waals surface area contributed by atoms with Crippen LogP contribution in [0.2, 0.25) is 0 Å². The molecule has 9 heteroatoms. The third kappa shape index (κ3) is 4.93. The Kier molecular flexibility index (Phi) is 5.69. The van der Waals surface area contributed by atoms with Gasteiger partial charge in [0.2, 0.25) is 16.9 Å². The lowest BCUT2D eigenvalue weighted by Crippen LogP contribution is -2.14. The molecule has 26 heavy (non-hydrogen) atoms. The van der Waals surface area contributed by atoms with E-state index in [-0.39, 0.29) is 17.9 Å². The van der Waals surface area contributed by atoms with Crippen molar-refractivity contribution in [1.29, 1.82) is 0 Å². The van der Waals surface area contributed by atoms with Crippen LogP contribution in [0, 0.1) is 0 Å². The van der Waals surface area contributed by atoms with Crippen LogP contribution in [0.15, 0.2) is 46.8 Å². The molecule has 0 spiro atoms. The molecule has 0 fully saturated rings. The van der Waals surface area contributed by atoms with Gasteiger partial charge in [0.1, 0.15) is 11.3 Å². The van der Waals surface area contributed by atoms with E-state index in [0.717, 1.165) is 4.90 Å². The molecule has 0 radical (unpaired) electrons. The van der Waals surface area contributed by atoms with Crippen LogP contribution in [0.25, 0.3) is 0 Å². The van der Waals surface area contributed by atoms with Gasteiger partial charge in [-0.2, -0.15) is 4.98 Å². The summed E-state index contributed by atoms with van der Waals surface area (Å²) in [4.78, 5) is 17.6. The van der Waals surface area contributed by atoms with Gasteiger partial charge < -0.3 is 9.47 Å². The van der Waals surface area contributed by atoms with Gasteiger partial charge in [0.15, 0.2) is 0 Å². The van der Waals surface area contributed by atoms with Gasteiger partial charge in [0.05, 0.1) is 11.7 Å². The van der Waals surface area contributed by atoms with Crippen molar-refractivity contribution >= 4 is 35.0 Å². The fraction of sp³-hybridized carbons (Fsp3) is 0.176. The van der Waals surface area contributed by atoms with Crippen molar-refractivity contribution in [3.05, 3.63) is 47.5 Å². The Morgan fingerprint density at radius 1 is 1.19 bits per heavy atom. The molecule has 1 amide bonds. The molecule has 1 N–H and O–H groups in total. The second kappa shape index (κ2) is 8.15. The van der Waals surface area contributed by atoms with Gasteiger partial charge in [-0.05, 0) is 38.1 Å². The van der Waals surface area contributed by atoms with Crippen molar-refractivity contribution < 1.29 is 14.3 Å². The van der Waals surface area contributed by atoms with Crippen molar-refractivity contribution in [2.45, 2.75) is 24.8 Å². The molecule has 2 aromatic heterocycles. The molecule has 1 aromatic carbocycles. The van der Waals surface area contributed by atoms with Crippen molar-refractivity contribution in [3.63, 3.8) is 0 Å². The first-order valence-corrected chi connectivity index (χ1v) is 9.05. The SMILES string of the molecule is CC(C)Oc1cc(C(=O)Nc2nncs2)cc(Oc2ccc(S)cc2)n1. The fourth-order valence-corrected chi connectivity index (χ4v) is 2.59. The summed E-state index contributed by atoms with van der Waals surface area (Å²) in [5.41, 5.74) is 1.88. The van der Waals surface area contributed by atoms with Gasteiger partial charge in [-0.15, -0.1) is 22.8 Å². The molecule has 0 atom stereocenters.